The summed E-state index contributed by atoms with van der Waals surface area (Å²) in [7, 11) is -3.32. The lowest BCUT2D eigenvalue weighted by Gasteiger charge is -2.24. The highest BCUT2D eigenvalue weighted by atomic mass is 31.2. The molecule has 1 aliphatic rings. The number of carboxylic acids is 1. The number of carboxylic acid groups (broad SMARTS) is 1. The Balaban J connectivity index is 2.48. The van der Waals surface area contributed by atoms with Gasteiger partial charge in [-0.2, -0.15) is 0 Å². The summed E-state index contributed by atoms with van der Waals surface area (Å²) in [6.45, 7) is 1.98. The SMILES string of the molecule is CCOP(=O)(c1ccccc1)C1(C(=O)O)CC1. The summed E-state index contributed by atoms with van der Waals surface area (Å²) in [5.74, 6) is -1.02. The average molecular weight is 254 g/mol. The van der Waals surface area contributed by atoms with E-state index in [-0.39, 0.29) is 6.61 Å². The molecule has 92 valence electrons. The molecule has 0 aromatic heterocycles. The number of hydrogen-bond acceptors (Lipinski definition) is 3. The molecule has 1 aromatic carbocycles. The van der Waals surface area contributed by atoms with Crippen molar-refractivity contribution < 1.29 is 19.0 Å². The molecule has 1 saturated carbocycles. The van der Waals surface area contributed by atoms with Crippen molar-refractivity contribution in [2.75, 3.05) is 6.61 Å². The molecule has 2 rings (SSSR count). The minimum absolute atomic E-state index is 0.251. The van der Waals surface area contributed by atoms with Crippen LogP contribution < -0.4 is 5.30 Å². The maximum Gasteiger partial charge on any atom is 0.319 e. The van der Waals surface area contributed by atoms with Gasteiger partial charge in [-0.15, -0.1) is 0 Å². The molecule has 5 heteroatoms. The van der Waals surface area contributed by atoms with Crippen LogP contribution in [0, 0.1) is 0 Å². The van der Waals surface area contributed by atoms with E-state index in [2.05, 4.69) is 0 Å². The lowest BCUT2D eigenvalue weighted by atomic mass is 10.4. The molecule has 0 radical (unpaired) electrons. The van der Waals surface area contributed by atoms with Gasteiger partial charge in [-0.3, -0.25) is 9.36 Å². The summed E-state index contributed by atoms with van der Waals surface area (Å²) in [5.41, 5.74) is 0. The zero-order valence-corrected chi connectivity index (χ0v) is 10.5. The van der Waals surface area contributed by atoms with Crippen LogP contribution in [0.1, 0.15) is 19.8 Å². The molecule has 0 aliphatic heterocycles. The van der Waals surface area contributed by atoms with Crippen molar-refractivity contribution in [1.29, 1.82) is 0 Å². The van der Waals surface area contributed by atoms with Crippen molar-refractivity contribution in [1.82, 2.24) is 0 Å². The van der Waals surface area contributed by atoms with Crippen molar-refractivity contribution in [3.63, 3.8) is 0 Å². The quantitative estimate of drug-likeness (QED) is 0.818. The van der Waals surface area contributed by atoms with Crippen LogP contribution in [0.15, 0.2) is 30.3 Å². The summed E-state index contributed by atoms with van der Waals surface area (Å²) in [4.78, 5) is 11.3. The van der Waals surface area contributed by atoms with E-state index in [1.807, 2.05) is 0 Å². The highest BCUT2D eigenvalue weighted by molar-refractivity contribution is 7.69. The maximum absolute atomic E-state index is 12.9. The highest BCUT2D eigenvalue weighted by Crippen LogP contribution is 2.69. The van der Waals surface area contributed by atoms with Crippen molar-refractivity contribution in [2.24, 2.45) is 0 Å². The molecular weight excluding hydrogens is 239 g/mol. The first kappa shape index (κ1) is 12.3. The standard InChI is InChI=1S/C12H15O4P/c1-2-16-17(15,10-6-4-3-5-7-10)12(8-9-12)11(13)14/h3-7H,2,8-9H2,1H3,(H,13,14). The molecule has 1 unspecified atom stereocenters. The van der Waals surface area contributed by atoms with Crippen LogP contribution in [0.3, 0.4) is 0 Å². The van der Waals surface area contributed by atoms with Gasteiger partial charge in [0.1, 0.15) is 5.16 Å². The van der Waals surface area contributed by atoms with Gasteiger partial charge in [0.2, 0.25) is 7.37 Å². The molecule has 0 heterocycles. The second-order valence-corrected chi connectivity index (χ2v) is 6.88. The van der Waals surface area contributed by atoms with Crippen LogP contribution >= 0.6 is 7.37 Å². The molecule has 4 nitrogen and oxygen atoms in total. The molecule has 1 aliphatic carbocycles. The number of hydrogen-bond donors (Lipinski definition) is 1. The zero-order valence-electron chi connectivity index (χ0n) is 9.63. The fraction of sp³-hybridized carbons (Fsp3) is 0.417. The molecule has 1 aromatic rings. The lowest BCUT2D eigenvalue weighted by molar-refractivity contribution is -0.137. The van der Waals surface area contributed by atoms with E-state index in [0.717, 1.165) is 0 Å². The van der Waals surface area contributed by atoms with Crippen LogP contribution in [-0.4, -0.2) is 22.8 Å². The third kappa shape index (κ3) is 1.81. The largest absolute Gasteiger partial charge is 0.480 e. The van der Waals surface area contributed by atoms with Gasteiger partial charge in [-0.1, -0.05) is 18.2 Å². The van der Waals surface area contributed by atoms with E-state index in [4.69, 9.17) is 4.52 Å². The molecule has 0 bridgehead atoms. The van der Waals surface area contributed by atoms with E-state index in [1.165, 1.54) is 0 Å². The van der Waals surface area contributed by atoms with Gasteiger partial charge in [-0.05, 0) is 31.9 Å². The van der Waals surface area contributed by atoms with Gasteiger partial charge in [0.15, 0.2) is 0 Å². The Morgan fingerprint density at radius 2 is 2.00 bits per heavy atom. The maximum atomic E-state index is 12.9. The number of rotatable bonds is 5. The molecule has 1 fully saturated rings. The van der Waals surface area contributed by atoms with E-state index in [9.17, 15) is 14.5 Å². The Morgan fingerprint density at radius 1 is 1.41 bits per heavy atom. The Bertz CT molecular complexity index is 465. The molecule has 0 spiro atoms. The monoisotopic (exact) mass is 254 g/mol. The summed E-state index contributed by atoms with van der Waals surface area (Å²) >= 11 is 0. The molecule has 1 N–H and O–H groups in total. The normalized spacial score (nSPS) is 20.5. The lowest BCUT2D eigenvalue weighted by Crippen LogP contribution is -2.29. The van der Waals surface area contributed by atoms with Crippen LogP contribution in [0.2, 0.25) is 0 Å². The second kappa shape index (κ2) is 4.28. The topological polar surface area (TPSA) is 63.6 Å². The van der Waals surface area contributed by atoms with Gasteiger partial charge in [0, 0.05) is 5.30 Å². The van der Waals surface area contributed by atoms with Crippen LogP contribution in [-0.2, 0) is 13.9 Å². The van der Waals surface area contributed by atoms with Gasteiger partial charge in [-0.25, -0.2) is 0 Å². The number of carbonyl (C=O) groups is 1. The molecule has 0 amide bonds. The summed E-state index contributed by atoms with van der Waals surface area (Å²) < 4.78 is 18.3. The first-order chi connectivity index (χ1) is 8.07. The van der Waals surface area contributed by atoms with Gasteiger partial charge >= 0.3 is 5.97 Å². The van der Waals surface area contributed by atoms with E-state index < -0.39 is 18.5 Å². The zero-order chi connectivity index (χ0) is 12.5. The second-order valence-electron chi connectivity index (χ2n) is 4.14. The van der Waals surface area contributed by atoms with Crippen molar-refractivity contribution in [3.05, 3.63) is 30.3 Å². The van der Waals surface area contributed by atoms with Crippen molar-refractivity contribution >= 4 is 18.6 Å². The molecule has 17 heavy (non-hydrogen) atoms. The summed E-state index contributed by atoms with van der Waals surface area (Å²) in [6, 6.07) is 8.66. The fourth-order valence-corrected chi connectivity index (χ4v) is 4.77. The Labute approximate surface area is 100 Å². The average Bonchev–Trinajstić information content (AvgIpc) is 3.12. The first-order valence-corrected chi connectivity index (χ1v) is 7.23. The minimum atomic E-state index is -3.32. The summed E-state index contributed by atoms with van der Waals surface area (Å²) in [5, 5.41) is 8.59. The van der Waals surface area contributed by atoms with Gasteiger partial charge < -0.3 is 9.63 Å². The predicted octanol–water partition coefficient (Wildman–Crippen LogP) is 2.24. The van der Waals surface area contributed by atoms with Crippen LogP contribution in [0.25, 0.3) is 0 Å². The third-order valence-electron chi connectivity index (χ3n) is 3.09. The minimum Gasteiger partial charge on any atom is -0.480 e. The first-order valence-electron chi connectivity index (χ1n) is 5.60. The van der Waals surface area contributed by atoms with Crippen molar-refractivity contribution in [3.8, 4) is 0 Å². The van der Waals surface area contributed by atoms with Crippen LogP contribution in [0.5, 0.6) is 0 Å². The van der Waals surface area contributed by atoms with E-state index >= 15 is 0 Å². The van der Waals surface area contributed by atoms with Crippen molar-refractivity contribution in [2.45, 2.75) is 24.9 Å². The predicted molar refractivity (Wildman–Crippen MR) is 64.9 cm³/mol. The van der Waals surface area contributed by atoms with E-state index in [0.29, 0.717) is 18.1 Å². The molecule has 1 atom stereocenters. The van der Waals surface area contributed by atoms with Gasteiger partial charge in [0.05, 0.1) is 6.61 Å². The van der Waals surface area contributed by atoms with Crippen LogP contribution in [0.4, 0.5) is 0 Å². The molecular formula is C12H15O4P. The Kier molecular flexibility index (Phi) is 3.11. The van der Waals surface area contributed by atoms with E-state index in [1.54, 1.807) is 37.3 Å². The summed E-state index contributed by atoms with van der Waals surface area (Å²) in [6.07, 6.45) is 0.850. The third-order valence-corrected chi connectivity index (χ3v) is 6.46. The smallest absolute Gasteiger partial charge is 0.319 e. The number of aliphatic carboxylic acids is 1. The van der Waals surface area contributed by atoms with Gasteiger partial charge in [0.25, 0.3) is 0 Å². The fourth-order valence-electron chi connectivity index (χ4n) is 2.00. The number of benzene rings is 1. The Morgan fingerprint density at radius 3 is 2.41 bits per heavy atom. The molecule has 0 saturated heterocycles. The highest BCUT2D eigenvalue weighted by Gasteiger charge is 2.65. The Hall–Kier alpha value is -1.12.